The molecule has 1 aromatic carbocycles. The van der Waals surface area contributed by atoms with E-state index in [4.69, 9.17) is 33.9 Å². The Hall–Kier alpha value is -7.58. The number of aliphatic carboxylic acids is 1. The molecule has 0 unspecified atom stereocenters. The van der Waals surface area contributed by atoms with Crippen molar-refractivity contribution in [1.82, 2.24) is 20.5 Å². The number of benzene rings is 1. The van der Waals surface area contributed by atoms with Crippen molar-refractivity contribution >= 4 is 114 Å². The number of amides is 3. The summed E-state index contributed by atoms with van der Waals surface area (Å²) in [6, 6.07) is 5.67. The number of nitrogens with zero attached hydrogens (tertiary/aromatic N) is 1. The number of aromatic nitrogens is 1. The highest BCUT2D eigenvalue weighted by molar-refractivity contribution is 7.95. The first kappa shape index (κ1) is 68.2. The molecule has 5 rings (SSSR count). The van der Waals surface area contributed by atoms with Gasteiger partial charge < -0.3 is 64.7 Å². The summed E-state index contributed by atoms with van der Waals surface area (Å²) < 4.78 is 80.8. The second-order valence-electron chi connectivity index (χ2n) is 20.0. The lowest BCUT2D eigenvalue weighted by Gasteiger charge is -2.30. The number of carboxylic acid groups (broad SMARTS) is 1. The number of hydrogen-bond acceptors (Lipinski definition) is 23. The lowest BCUT2D eigenvalue weighted by molar-refractivity contribution is -0.187. The number of likely N-dealkylation sites (N-methyl/N-ethyl adjacent to an activating group) is 1. The molecular weight excluding hydrogens is 1180 g/mol. The summed E-state index contributed by atoms with van der Waals surface area (Å²) in [7, 11) is -7.91. The molecule has 2 aromatic heterocycles. The first-order chi connectivity index (χ1) is 39.8. The fraction of sp³-hybridized carbons (Fsp3) is 0.519. The summed E-state index contributed by atoms with van der Waals surface area (Å²) >= 11 is 0.683. The van der Waals surface area contributed by atoms with Crippen molar-refractivity contribution in [2.75, 3.05) is 43.4 Å². The molecule has 31 heteroatoms. The fourth-order valence-corrected chi connectivity index (χ4v) is 13.6. The Morgan fingerprint density at radius 3 is 1.89 bits per heavy atom. The van der Waals surface area contributed by atoms with Crippen LogP contribution in [0.25, 0.3) is 11.6 Å². The maximum absolute atomic E-state index is 13.7. The third kappa shape index (κ3) is 18.0. The first-order valence-electron chi connectivity index (χ1n) is 27.0. The summed E-state index contributed by atoms with van der Waals surface area (Å²) in [5.41, 5.74) is 3.76. The topological polar surface area (TPSA) is 408 Å². The van der Waals surface area contributed by atoms with Crippen molar-refractivity contribution in [2.24, 2.45) is 5.14 Å². The van der Waals surface area contributed by atoms with Gasteiger partial charge in [0.25, 0.3) is 11.8 Å². The van der Waals surface area contributed by atoms with Crippen LogP contribution < -0.4 is 26.4 Å². The predicted octanol–water partition coefficient (Wildman–Crippen LogP) is 2.96. The standard InChI is InChI=1S/C54H71N7O21S3/c1-11-56-41-23-35(84(73,74)54-38(41)25-44(83-54)85(55,75)76)14-13-20-61(12-2)21-19-57-47(65)45-26(3)40(58-27(45)4)24-37-36-22-34(15-16-39(36)60-46(37)64)59-42(62)17-18-43(63)77-29(6)49(68)79-31(8)51(70)81-33(10)53(72)82-32(9)52(71)80-30(7)50(69)78-28(5)48(66)67/h15-16,22,24-25,28-33,35,41,56,58H,11-14,17-21,23H2,1-10H3,(H,57,65)(H,59,62)(H,60,64)(H,66,67)(H2,55,75,76)/b37-24-/t28-,29-,30-,31-,32-,33-,35-,41-/m0/s1. The van der Waals surface area contributed by atoms with Crippen molar-refractivity contribution in [2.45, 2.75) is 158 Å². The average molecular weight is 1250 g/mol. The monoisotopic (exact) mass is 1250 g/mol. The number of thiophene rings is 1. The van der Waals surface area contributed by atoms with E-state index in [1.807, 2.05) is 13.8 Å². The molecule has 85 heavy (non-hydrogen) atoms. The second-order valence-corrected chi connectivity index (χ2v) is 25.3. The number of carboxylic acids is 1. The summed E-state index contributed by atoms with van der Waals surface area (Å²) in [6.45, 7) is 16.3. The van der Waals surface area contributed by atoms with E-state index in [1.165, 1.54) is 12.1 Å². The van der Waals surface area contributed by atoms with Gasteiger partial charge in [-0.2, -0.15) is 0 Å². The zero-order valence-electron chi connectivity index (χ0n) is 48.4. The highest BCUT2D eigenvalue weighted by atomic mass is 32.3. The third-order valence-electron chi connectivity index (χ3n) is 13.6. The van der Waals surface area contributed by atoms with Crippen molar-refractivity contribution < 1.29 is 98.3 Å². The maximum Gasteiger partial charge on any atom is 0.347 e. The van der Waals surface area contributed by atoms with Gasteiger partial charge in [0, 0.05) is 59.4 Å². The van der Waals surface area contributed by atoms with Crippen LogP contribution in [0.5, 0.6) is 0 Å². The number of carbonyl (C=O) groups excluding carboxylic acids is 9. The van der Waals surface area contributed by atoms with Crippen LogP contribution in [-0.2, 0) is 91.4 Å². The van der Waals surface area contributed by atoms with E-state index in [1.54, 1.807) is 32.1 Å². The van der Waals surface area contributed by atoms with Gasteiger partial charge in [0.2, 0.25) is 15.9 Å². The number of aromatic amines is 1. The van der Waals surface area contributed by atoms with Crippen molar-refractivity contribution in [3.05, 3.63) is 57.9 Å². The lowest BCUT2D eigenvalue weighted by atomic mass is 10.0. The van der Waals surface area contributed by atoms with Crippen LogP contribution in [0, 0.1) is 13.8 Å². The van der Waals surface area contributed by atoms with Crippen LogP contribution in [0.2, 0.25) is 0 Å². The molecule has 3 aromatic rings. The number of fused-ring (bicyclic) bond motifs is 2. The molecule has 2 aliphatic heterocycles. The van der Waals surface area contributed by atoms with E-state index in [9.17, 15) is 64.8 Å². The Morgan fingerprint density at radius 2 is 1.36 bits per heavy atom. The van der Waals surface area contributed by atoms with Gasteiger partial charge in [-0.3, -0.25) is 19.2 Å². The van der Waals surface area contributed by atoms with Crippen LogP contribution in [0.4, 0.5) is 11.4 Å². The van der Waals surface area contributed by atoms with Gasteiger partial charge in [0.1, 0.15) is 8.42 Å². The first-order valence-corrected chi connectivity index (χ1v) is 30.9. The molecule has 0 saturated heterocycles. The number of H-pyrrole nitrogens is 1. The molecule has 466 valence electrons. The number of carbonyl (C=O) groups is 10. The Labute approximate surface area is 494 Å². The van der Waals surface area contributed by atoms with Crippen LogP contribution in [0.3, 0.4) is 0 Å². The maximum atomic E-state index is 13.7. The number of sulfonamides is 1. The molecule has 28 nitrogen and oxygen atoms in total. The zero-order valence-corrected chi connectivity index (χ0v) is 50.9. The normalized spacial score (nSPS) is 17.8. The van der Waals surface area contributed by atoms with Crippen LogP contribution >= 0.6 is 11.3 Å². The van der Waals surface area contributed by atoms with Crippen LogP contribution in [0.15, 0.2) is 32.7 Å². The highest BCUT2D eigenvalue weighted by Gasteiger charge is 2.41. The van der Waals surface area contributed by atoms with E-state index >= 15 is 0 Å². The third-order valence-corrected chi connectivity index (χ3v) is 19.0. The molecule has 0 fully saturated rings. The molecule has 0 bridgehead atoms. The number of ether oxygens (including phenoxy) is 6. The van der Waals surface area contributed by atoms with E-state index in [0.29, 0.717) is 89.7 Å². The number of nitrogens with one attached hydrogen (secondary N) is 5. The number of primary sulfonamides is 1. The smallest absolute Gasteiger partial charge is 0.347 e. The van der Waals surface area contributed by atoms with Crippen LogP contribution in [-0.4, -0.2) is 166 Å². The Bertz CT molecular complexity index is 3340. The second kappa shape index (κ2) is 29.5. The highest BCUT2D eigenvalue weighted by Crippen LogP contribution is 2.44. The Morgan fingerprint density at radius 1 is 0.812 bits per heavy atom. The Kier molecular flexibility index (Phi) is 23.7. The number of nitrogens with two attached hydrogens (primary N) is 1. The fourth-order valence-electron chi connectivity index (χ4n) is 8.89. The van der Waals surface area contributed by atoms with Crippen molar-refractivity contribution in [3.8, 4) is 0 Å². The minimum absolute atomic E-state index is 0.0272. The van der Waals surface area contributed by atoms with Gasteiger partial charge in [-0.25, -0.2) is 50.7 Å². The summed E-state index contributed by atoms with van der Waals surface area (Å²) in [4.78, 5) is 131. The minimum Gasteiger partial charge on any atom is -0.479 e. The molecule has 0 saturated carbocycles. The number of sulfone groups is 1. The molecule has 4 heterocycles. The van der Waals surface area contributed by atoms with Crippen molar-refractivity contribution in [3.63, 3.8) is 0 Å². The SMILES string of the molecule is CCN[C@H]1C[C@H](CCCN(CC)CCNC(=O)c2c(C)[nH]c(/C=C3\C(=O)Nc4ccc(NC(=O)CCC(=O)O[C@@H](C)C(=O)O[C@@H](C)C(=O)O[C@@H](C)C(=O)O[C@@H](C)C(=O)O[C@@H](C)C(=O)O[C@@H](C)C(=O)O)cc43)c2C)S(=O)(=O)c2sc(S(N)(=O)=O)cc21. The van der Waals surface area contributed by atoms with Gasteiger partial charge in [0.15, 0.2) is 46.5 Å². The predicted molar refractivity (Wildman–Crippen MR) is 303 cm³/mol. The molecule has 0 aliphatic carbocycles. The molecule has 0 radical (unpaired) electrons. The van der Waals surface area contributed by atoms with Crippen LogP contribution in [0.1, 0.15) is 132 Å². The summed E-state index contributed by atoms with van der Waals surface area (Å²) in [5.74, 6) is -9.88. The Balaban J connectivity index is 1.06. The van der Waals surface area contributed by atoms with Gasteiger partial charge in [0.05, 0.1) is 22.8 Å². The van der Waals surface area contributed by atoms with Crippen molar-refractivity contribution in [1.29, 1.82) is 0 Å². The summed E-state index contributed by atoms with van der Waals surface area (Å²) in [5, 5.41) is 25.2. The molecule has 8 atom stereocenters. The number of rotatable bonds is 29. The van der Waals surface area contributed by atoms with E-state index in [-0.39, 0.29) is 44.6 Å². The number of aryl methyl sites for hydroxylation is 1. The molecule has 0 spiro atoms. The minimum atomic E-state index is -4.09. The van der Waals surface area contributed by atoms with Gasteiger partial charge in [-0.15, -0.1) is 11.3 Å². The van der Waals surface area contributed by atoms with E-state index < -0.39 is 128 Å². The number of esters is 6. The van der Waals surface area contributed by atoms with E-state index in [2.05, 4.69) is 35.9 Å². The number of anilines is 2. The number of hydrogen-bond donors (Lipinski definition) is 7. The van der Waals surface area contributed by atoms with E-state index in [0.717, 1.165) is 41.5 Å². The largest absolute Gasteiger partial charge is 0.479 e. The quantitative estimate of drug-likeness (QED) is 0.0298. The molecule has 8 N–H and O–H groups in total. The average Bonchev–Trinajstić information content (AvgIpc) is 2.17. The molecule has 3 amide bonds. The molecule has 2 aliphatic rings. The van der Waals surface area contributed by atoms with Gasteiger partial charge >= 0.3 is 41.8 Å². The zero-order chi connectivity index (χ0) is 63.4. The summed E-state index contributed by atoms with van der Waals surface area (Å²) in [6.07, 6.45) is -7.70. The molecular formula is C54H71N7O21S3. The van der Waals surface area contributed by atoms with Gasteiger partial charge in [-0.1, -0.05) is 13.8 Å². The van der Waals surface area contributed by atoms with Gasteiger partial charge in [-0.05, 0) is 130 Å². The lowest BCUT2D eigenvalue weighted by Crippen LogP contribution is -2.39.